The maximum absolute atomic E-state index is 13.2. The summed E-state index contributed by atoms with van der Waals surface area (Å²) in [5.41, 5.74) is 1.75. The van der Waals surface area contributed by atoms with Crippen molar-refractivity contribution in [2.45, 2.75) is 19.6 Å². The first-order valence-corrected chi connectivity index (χ1v) is 9.19. The first kappa shape index (κ1) is 16.4. The summed E-state index contributed by atoms with van der Waals surface area (Å²) in [5, 5.41) is 0. The SMILES string of the molecule is CC1(C)N=C(c2ccc(F)cc2)c2ccc(NS(C)(=O)=O)cc2O1. The Morgan fingerprint density at radius 3 is 2.42 bits per heavy atom. The molecule has 1 N–H and O–H groups in total. The number of hydrogen-bond acceptors (Lipinski definition) is 4. The highest BCUT2D eigenvalue weighted by atomic mass is 32.2. The Kier molecular flexibility index (Phi) is 3.83. The predicted molar refractivity (Wildman–Crippen MR) is 91.7 cm³/mol. The van der Waals surface area contributed by atoms with Gasteiger partial charge in [0.15, 0.2) is 5.72 Å². The fraction of sp³-hybridized carbons (Fsp3) is 0.235. The molecular formula is C17H17FN2O3S. The molecule has 0 unspecified atom stereocenters. The van der Waals surface area contributed by atoms with E-state index >= 15 is 0 Å². The van der Waals surface area contributed by atoms with Crippen LogP contribution in [0.25, 0.3) is 0 Å². The van der Waals surface area contributed by atoms with Gasteiger partial charge in [-0.3, -0.25) is 4.72 Å². The van der Waals surface area contributed by atoms with Crippen LogP contribution in [0, 0.1) is 5.82 Å². The standard InChI is InChI=1S/C17H17FN2O3S/c1-17(2)19-16(11-4-6-12(18)7-5-11)14-9-8-13(10-15(14)23-17)20-24(3,21)22/h4-10,20H,1-3H3. The van der Waals surface area contributed by atoms with E-state index in [1.807, 2.05) is 0 Å². The van der Waals surface area contributed by atoms with Crippen LogP contribution in [-0.4, -0.2) is 26.1 Å². The molecule has 1 aliphatic rings. The maximum atomic E-state index is 13.2. The summed E-state index contributed by atoms with van der Waals surface area (Å²) in [4.78, 5) is 4.59. The number of aliphatic imine (C=N–C) groups is 1. The Balaban J connectivity index is 2.09. The van der Waals surface area contributed by atoms with Crippen molar-refractivity contribution in [1.82, 2.24) is 0 Å². The minimum atomic E-state index is -3.38. The second-order valence-corrected chi connectivity index (χ2v) is 7.85. The van der Waals surface area contributed by atoms with Gasteiger partial charge in [0.2, 0.25) is 10.0 Å². The van der Waals surface area contributed by atoms with E-state index in [0.29, 0.717) is 17.1 Å². The van der Waals surface area contributed by atoms with E-state index in [9.17, 15) is 12.8 Å². The highest BCUT2D eigenvalue weighted by Crippen LogP contribution is 2.34. The molecule has 0 saturated carbocycles. The highest BCUT2D eigenvalue weighted by Gasteiger charge is 2.29. The zero-order chi connectivity index (χ0) is 17.5. The van der Waals surface area contributed by atoms with E-state index in [1.54, 1.807) is 44.2 Å². The lowest BCUT2D eigenvalue weighted by atomic mass is 9.98. The van der Waals surface area contributed by atoms with E-state index in [-0.39, 0.29) is 5.82 Å². The van der Waals surface area contributed by atoms with Gasteiger partial charge in [0.05, 0.1) is 17.7 Å². The van der Waals surface area contributed by atoms with Crippen molar-refractivity contribution in [3.05, 3.63) is 59.4 Å². The molecule has 0 radical (unpaired) electrons. The lowest BCUT2D eigenvalue weighted by molar-refractivity contribution is 0.115. The molecular weight excluding hydrogens is 331 g/mol. The molecule has 2 aromatic rings. The van der Waals surface area contributed by atoms with Crippen LogP contribution in [0.2, 0.25) is 0 Å². The fourth-order valence-electron chi connectivity index (χ4n) is 2.53. The molecule has 0 saturated heterocycles. The average Bonchev–Trinajstić information content (AvgIpc) is 2.44. The summed E-state index contributed by atoms with van der Waals surface area (Å²) >= 11 is 0. The molecule has 1 heterocycles. The number of rotatable bonds is 3. The van der Waals surface area contributed by atoms with E-state index in [4.69, 9.17) is 4.74 Å². The van der Waals surface area contributed by atoms with Crippen LogP contribution in [-0.2, 0) is 10.0 Å². The van der Waals surface area contributed by atoms with Gasteiger partial charge < -0.3 is 4.74 Å². The number of nitrogens with one attached hydrogen (secondary N) is 1. The largest absolute Gasteiger partial charge is 0.466 e. The smallest absolute Gasteiger partial charge is 0.229 e. The summed E-state index contributed by atoms with van der Waals surface area (Å²) in [7, 11) is -3.38. The van der Waals surface area contributed by atoms with Crippen LogP contribution in [0.4, 0.5) is 10.1 Å². The van der Waals surface area contributed by atoms with E-state index < -0.39 is 15.7 Å². The van der Waals surface area contributed by atoms with E-state index in [2.05, 4.69) is 9.71 Å². The van der Waals surface area contributed by atoms with Crippen molar-refractivity contribution in [2.24, 2.45) is 4.99 Å². The zero-order valence-corrected chi connectivity index (χ0v) is 14.3. The monoisotopic (exact) mass is 348 g/mol. The van der Waals surface area contributed by atoms with Crippen molar-refractivity contribution >= 4 is 21.4 Å². The number of sulfonamides is 1. The molecule has 0 amide bonds. The number of nitrogens with zero attached hydrogens (tertiary/aromatic N) is 1. The van der Waals surface area contributed by atoms with Crippen LogP contribution in [0.15, 0.2) is 47.5 Å². The molecule has 2 aromatic carbocycles. The van der Waals surface area contributed by atoms with Gasteiger partial charge >= 0.3 is 0 Å². The Labute approximate surface area is 140 Å². The first-order valence-electron chi connectivity index (χ1n) is 7.30. The number of anilines is 1. The second-order valence-electron chi connectivity index (χ2n) is 6.10. The molecule has 7 heteroatoms. The summed E-state index contributed by atoms with van der Waals surface area (Å²) < 4.78 is 44.3. The van der Waals surface area contributed by atoms with E-state index in [1.165, 1.54) is 12.1 Å². The summed E-state index contributed by atoms with van der Waals surface area (Å²) in [5.74, 6) is 0.196. The molecule has 0 aromatic heterocycles. The van der Waals surface area contributed by atoms with Gasteiger partial charge in [-0.1, -0.05) is 0 Å². The Bertz CT molecular complexity index is 919. The molecule has 0 atom stereocenters. The molecule has 3 rings (SSSR count). The van der Waals surface area contributed by atoms with E-state index in [0.717, 1.165) is 17.4 Å². The van der Waals surface area contributed by atoms with Gasteiger partial charge in [-0.25, -0.2) is 17.8 Å². The minimum Gasteiger partial charge on any atom is -0.466 e. The molecule has 24 heavy (non-hydrogen) atoms. The number of halogens is 1. The molecule has 1 aliphatic heterocycles. The average molecular weight is 348 g/mol. The molecule has 0 fully saturated rings. The molecule has 0 aliphatic carbocycles. The molecule has 0 bridgehead atoms. The van der Waals surface area contributed by atoms with Crippen LogP contribution in [0.5, 0.6) is 5.75 Å². The third-order valence-corrected chi connectivity index (χ3v) is 4.00. The van der Waals surface area contributed by atoms with Gasteiger partial charge in [0.1, 0.15) is 11.6 Å². The maximum Gasteiger partial charge on any atom is 0.229 e. The number of hydrogen-bond donors (Lipinski definition) is 1. The van der Waals surface area contributed by atoms with Crippen molar-refractivity contribution < 1.29 is 17.5 Å². The normalized spacial score (nSPS) is 15.9. The third kappa shape index (κ3) is 3.56. The number of ether oxygens (including phenoxy) is 1. The second kappa shape index (κ2) is 5.59. The first-order chi connectivity index (χ1) is 11.1. The van der Waals surface area contributed by atoms with Crippen LogP contribution < -0.4 is 9.46 Å². The van der Waals surface area contributed by atoms with Crippen molar-refractivity contribution in [3.8, 4) is 5.75 Å². The molecule has 0 spiro atoms. The molecule has 5 nitrogen and oxygen atoms in total. The summed E-state index contributed by atoms with van der Waals surface area (Å²) in [6, 6.07) is 11.1. The van der Waals surface area contributed by atoms with Crippen molar-refractivity contribution in [2.75, 3.05) is 11.0 Å². The minimum absolute atomic E-state index is 0.321. The quantitative estimate of drug-likeness (QED) is 0.926. The number of fused-ring (bicyclic) bond motifs is 1. The Morgan fingerprint density at radius 2 is 1.79 bits per heavy atom. The van der Waals surface area contributed by atoms with Crippen molar-refractivity contribution in [3.63, 3.8) is 0 Å². The lowest BCUT2D eigenvalue weighted by Crippen LogP contribution is -2.32. The predicted octanol–water partition coefficient (Wildman–Crippen LogP) is 3.16. The fourth-order valence-corrected chi connectivity index (χ4v) is 3.08. The van der Waals surface area contributed by atoms with Crippen molar-refractivity contribution in [1.29, 1.82) is 0 Å². The lowest BCUT2D eigenvalue weighted by Gasteiger charge is -2.30. The third-order valence-electron chi connectivity index (χ3n) is 3.40. The van der Waals surface area contributed by atoms with Gasteiger partial charge in [-0.05, 0) is 50.2 Å². The summed E-state index contributed by atoms with van der Waals surface area (Å²) in [6.45, 7) is 3.60. The zero-order valence-electron chi connectivity index (χ0n) is 13.5. The Hall–Kier alpha value is -2.41. The van der Waals surface area contributed by atoms with Gasteiger partial charge in [-0.2, -0.15) is 0 Å². The van der Waals surface area contributed by atoms with Crippen LogP contribution in [0.3, 0.4) is 0 Å². The Morgan fingerprint density at radius 1 is 1.12 bits per heavy atom. The van der Waals surface area contributed by atoms with Crippen LogP contribution >= 0.6 is 0 Å². The highest BCUT2D eigenvalue weighted by molar-refractivity contribution is 7.92. The van der Waals surface area contributed by atoms with Gasteiger partial charge in [-0.15, -0.1) is 0 Å². The van der Waals surface area contributed by atoms with Gasteiger partial charge in [0, 0.05) is 17.2 Å². The van der Waals surface area contributed by atoms with Crippen LogP contribution in [0.1, 0.15) is 25.0 Å². The molecule has 126 valence electrons. The summed E-state index contributed by atoms with van der Waals surface area (Å²) in [6.07, 6.45) is 1.09. The number of benzene rings is 2. The van der Waals surface area contributed by atoms with Gasteiger partial charge in [0.25, 0.3) is 0 Å². The topological polar surface area (TPSA) is 67.8 Å².